The molecule has 0 unspecified atom stereocenters. The Morgan fingerprint density at radius 3 is 2.46 bits per heavy atom. The Morgan fingerprint density at radius 2 is 1.92 bits per heavy atom. The molecule has 130 valence electrons. The minimum Gasteiger partial charge on any atom is -0.449 e. The van der Waals surface area contributed by atoms with Crippen LogP contribution < -0.4 is 5.32 Å². The number of hydrogen-bond acceptors (Lipinski definition) is 4. The van der Waals surface area contributed by atoms with Gasteiger partial charge < -0.3 is 9.64 Å². The summed E-state index contributed by atoms with van der Waals surface area (Å²) in [6, 6.07) is 4.69. The Labute approximate surface area is 146 Å². The molecule has 0 saturated carbocycles. The van der Waals surface area contributed by atoms with Crippen LogP contribution in [0, 0.1) is 5.92 Å². The number of amides is 2. The van der Waals surface area contributed by atoms with Crippen molar-refractivity contribution in [2.24, 2.45) is 5.92 Å². The first-order valence-electron chi connectivity index (χ1n) is 7.86. The first kappa shape index (κ1) is 18.3. The van der Waals surface area contributed by atoms with E-state index >= 15 is 0 Å². The molecule has 2 rings (SSSR count). The SMILES string of the molecule is CC(=O)c1ccc(NC(=O)OCC2CCN(C(C)=O)CC2)cc1Cl. The number of ketones is 1. The van der Waals surface area contributed by atoms with E-state index in [0.717, 1.165) is 12.8 Å². The molecular weight excluding hydrogens is 332 g/mol. The van der Waals surface area contributed by atoms with Gasteiger partial charge in [-0.1, -0.05) is 11.6 Å². The fourth-order valence-corrected chi connectivity index (χ4v) is 2.95. The van der Waals surface area contributed by atoms with Gasteiger partial charge in [0.25, 0.3) is 0 Å². The highest BCUT2D eigenvalue weighted by atomic mass is 35.5. The minimum atomic E-state index is -0.560. The monoisotopic (exact) mass is 352 g/mol. The molecule has 1 saturated heterocycles. The number of benzene rings is 1. The lowest BCUT2D eigenvalue weighted by molar-refractivity contribution is -0.130. The van der Waals surface area contributed by atoms with E-state index in [1.54, 1.807) is 24.0 Å². The average Bonchev–Trinajstić information content (AvgIpc) is 2.53. The summed E-state index contributed by atoms with van der Waals surface area (Å²) >= 11 is 6.00. The maximum Gasteiger partial charge on any atom is 0.411 e. The molecule has 1 aliphatic heterocycles. The van der Waals surface area contributed by atoms with Crippen LogP contribution in [0.15, 0.2) is 18.2 Å². The predicted molar refractivity (Wildman–Crippen MR) is 91.4 cm³/mol. The van der Waals surface area contributed by atoms with Crippen molar-refractivity contribution in [1.82, 2.24) is 4.90 Å². The van der Waals surface area contributed by atoms with E-state index in [1.807, 2.05) is 0 Å². The van der Waals surface area contributed by atoms with E-state index in [-0.39, 0.29) is 22.6 Å². The zero-order valence-corrected chi connectivity index (χ0v) is 14.6. The smallest absolute Gasteiger partial charge is 0.411 e. The molecule has 1 fully saturated rings. The summed E-state index contributed by atoms with van der Waals surface area (Å²) in [5, 5.41) is 2.88. The lowest BCUT2D eigenvalue weighted by Gasteiger charge is -2.30. The average molecular weight is 353 g/mol. The number of Topliss-reactive ketones (excluding diaryl/α,β-unsaturated/α-hetero) is 1. The molecule has 0 atom stereocenters. The van der Waals surface area contributed by atoms with E-state index in [0.29, 0.717) is 30.9 Å². The van der Waals surface area contributed by atoms with Crippen LogP contribution in [-0.4, -0.2) is 42.4 Å². The highest BCUT2D eigenvalue weighted by molar-refractivity contribution is 6.34. The van der Waals surface area contributed by atoms with Crippen molar-refractivity contribution < 1.29 is 19.1 Å². The number of nitrogens with zero attached hydrogens (tertiary/aromatic N) is 1. The lowest BCUT2D eigenvalue weighted by atomic mass is 9.98. The van der Waals surface area contributed by atoms with Crippen molar-refractivity contribution in [2.45, 2.75) is 26.7 Å². The number of nitrogens with one attached hydrogen (secondary N) is 1. The van der Waals surface area contributed by atoms with Crippen LogP contribution in [-0.2, 0) is 9.53 Å². The third-order valence-corrected chi connectivity index (χ3v) is 4.42. The van der Waals surface area contributed by atoms with Crippen molar-refractivity contribution in [2.75, 3.05) is 25.0 Å². The van der Waals surface area contributed by atoms with Gasteiger partial charge >= 0.3 is 6.09 Å². The Balaban J connectivity index is 1.79. The Kier molecular flexibility index (Phi) is 6.20. The van der Waals surface area contributed by atoms with Crippen molar-refractivity contribution >= 4 is 35.1 Å². The van der Waals surface area contributed by atoms with E-state index in [9.17, 15) is 14.4 Å². The van der Waals surface area contributed by atoms with Gasteiger partial charge in [-0.3, -0.25) is 14.9 Å². The maximum atomic E-state index is 11.8. The molecule has 24 heavy (non-hydrogen) atoms. The summed E-state index contributed by atoms with van der Waals surface area (Å²) in [4.78, 5) is 36.2. The molecule has 1 aliphatic rings. The molecule has 0 radical (unpaired) electrons. The van der Waals surface area contributed by atoms with Crippen LogP contribution in [0.2, 0.25) is 5.02 Å². The van der Waals surface area contributed by atoms with Gasteiger partial charge in [-0.2, -0.15) is 0 Å². The molecule has 6 nitrogen and oxygen atoms in total. The van der Waals surface area contributed by atoms with Crippen LogP contribution >= 0.6 is 11.6 Å². The third-order valence-electron chi connectivity index (χ3n) is 4.10. The van der Waals surface area contributed by atoms with Crippen molar-refractivity contribution in [3.63, 3.8) is 0 Å². The van der Waals surface area contributed by atoms with Gasteiger partial charge in [0, 0.05) is 31.3 Å². The molecule has 0 aromatic heterocycles. The summed E-state index contributed by atoms with van der Waals surface area (Å²) in [7, 11) is 0. The molecule has 0 bridgehead atoms. The van der Waals surface area contributed by atoms with E-state index < -0.39 is 6.09 Å². The summed E-state index contributed by atoms with van der Waals surface area (Å²) in [6.07, 6.45) is 1.09. The molecular formula is C17H21ClN2O4. The number of ether oxygens (including phenoxy) is 1. The number of likely N-dealkylation sites (tertiary alicyclic amines) is 1. The zero-order chi connectivity index (χ0) is 17.7. The standard InChI is InChI=1S/C17H21ClN2O4/c1-11(21)15-4-3-14(9-16(15)18)19-17(23)24-10-13-5-7-20(8-6-13)12(2)22/h3-4,9,13H,5-8,10H2,1-2H3,(H,19,23). The van der Waals surface area contributed by atoms with Crippen LogP contribution in [0.25, 0.3) is 0 Å². The van der Waals surface area contributed by atoms with Crippen molar-refractivity contribution in [1.29, 1.82) is 0 Å². The summed E-state index contributed by atoms with van der Waals surface area (Å²) in [6.45, 7) is 4.71. The van der Waals surface area contributed by atoms with Crippen LogP contribution in [0.5, 0.6) is 0 Å². The Bertz CT molecular complexity index is 639. The topological polar surface area (TPSA) is 75.7 Å². The number of carbonyl (C=O) groups is 3. The predicted octanol–water partition coefficient (Wildman–Crippen LogP) is 3.35. The van der Waals surface area contributed by atoms with Crippen LogP contribution in [0.1, 0.15) is 37.0 Å². The summed E-state index contributed by atoms with van der Waals surface area (Å²) < 4.78 is 5.24. The second-order valence-electron chi connectivity index (χ2n) is 5.92. The van der Waals surface area contributed by atoms with Crippen LogP contribution in [0.4, 0.5) is 10.5 Å². The summed E-state index contributed by atoms with van der Waals surface area (Å²) in [5.41, 5.74) is 0.884. The normalized spacial score (nSPS) is 15.0. The number of hydrogen-bond donors (Lipinski definition) is 1. The second kappa shape index (κ2) is 8.15. The molecule has 2 amide bonds. The quantitative estimate of drug-likeness (QED) is 0.843. The largest absolute Gasteiger partial charge is 0.449 e. The van der Waals surface area contributed by atoms with Gasteiger partial charge in [0.1, 0.15) is 0 Å². The molecule has 1 aromatic carbocycles. The van der Waals surface area contributed by atoms with E-state index in [4.69, 9.17) is 16.3 Å². The third kappa shape index (κ3) is 4.96. The van der Waals surface area contributed by atoms with E-state index in [2.05, 4.69) is 5.32 Å². The van der Waals surface area contributed by atoms with Gasteiger partial charge in [-0.05, 0) is 43.9 Å². The molecule has 1 heterocycles. The number of carbonyl (C=O) groups excluding carboxylic acids is 3. The molecule has 7 heteroatoms. The van der Waals surface area contributed by atoms with Gasteiger partial charge in [0.15, 0.2) is 5.78 Å². The number of halogens is 1. The Morgan fingerprint density at radius 1 is 1.25 bits per heavy atom. The number of anilines is 1. The maximum absolute atomic E-state index is 11.8. The molecule has 1 aromatic rings. The number of piperidine rings is 1. The fourth-order valence-electron chi connectivity index (χ4n) is 2.64. The first-order valence-corrected chi connectivity index (χ1v) is 8.24. The van der Waals surface area contributed by atoms with Gasteiger partial charge in [-0.25, -0.2) is 4.79 Å². The number of rotatable bonds is 4. The molecule has 0 aliphatic carbocycles. The lowest BCUT2D eigenvalue weighted by Crippen LogP contribution is -2.38. The van der Waals surface area contributed by atoms with Gasteiger partial charge in [0.05, 0.1) is 11.6 Å². The minimum absolute atomic E-state index is 0.0815. The Hall–Kier alpha value is -2.08. The van der Waals surface area contributed by atoms with Crippen molar-refractivity contribution in [3.05, 3.63) is 28.8 Å². The second-order valence-corrected chi connectivity index (χ2v) is 6.33. The van der Waals surface area contributed by atoms with Crippen molar-refractivity contribution in [3.8, 4) is 0 Å². The van der Waals surface area contributed by atoms with Gasteiger partial charge in [-0.15, -0.1) is 0 Å². The highest BCUT2D eigenvalue weighted by Crippen LogP contribution is 2.22. The molecule has 1 N–H and O–H groups in total. The van der Waals surface area contributed by atoms with Gasteiger partial charge in [0.2, 0.25) is 5.91 Å². The highest BCUT2D eigenvalue weighted by Gasteiger charge is 2.21. The first-order chi connectivity index (χ1) is 11.4. The van der Waals surface area contributed by atoms with E-state index in [1.165, 1.54) is 13.0 Å². The van der Waals surface area contributed by atoms with Crippen LogP contribution in [0.3, 0.4) is 0 Å². The zero-order valence-electron chi connectivity index (χ0n) is 13.8. The molecule has 0 spiro atoms. The fraction of sp³-hybridized carbons (Fsp3) is 0.471. The summed E-state index contributed by atoms with van der Waals surface area (Å²) in [5.74, 6) is 0.207.